The Labute approximate surface area is 65.7 Å². The third-order valence-corrected chi connectivity index (χ3v) is 0.441. The maximum atomic E-state index is 9.30. The van der Waals surface area contributed by atoms with Crippen molar-refractivity contribution in [1.29, 1.82) is 0 Å². The van der Waals surface area contributed by atoms with Gasteiger partial charge in [-0.2, -0.15) is 0 Å². The molecular weight excluding hydrogens is 196 g/mol. The molecule has 9 heteroatoms. The predicted octanol–water partition coefficient (Wildman–Crippen LogP) is -0.313. The van der Waals surface area contributed by atoms with Crippen LogP contribution in [0.2, 0.25) is 0 Å². The van der Waals surface area contributed by atoms with Crippen LogP contribution in [-0.4, -0.2) is 27.4 Å². The van der Waals surface area contributed by atoms with E-state index in [1.54, 1.807) is 0 Å². The molecule has 0 saturated heterocycles. The van der Waals surface area contributed by atoms with Crippen LogP contribution in [-0.2, 0) is 17.1 Å². The van der Waals surface area contributed by atoms with Crippen molar-refractivity contribution in [1.82, 2.24) is 10.3 Å². The van der Waals surface area contributed by atoms with E-state index in [9.17, 15) is 9.81 Å². The summed E-state index contributed by atoms with van der Waals surface area (Å²) in [6.45, 7) is -0.771. The third-order valence-electron chi connectivity index (χ3n) is 0.441. The largest absolute Gasteiger partial charge is 0.268 e. The van der Waals surface area contributed by atoms with Gasteiger partial charge in [-0.3, -0.25) is 10.4 Å². The fourth-order valence-electron chi connectivity index (χ4n) is 0.165. The predicted molar refractivity (Wildman–Crippen MR) is 23.7 cm³/mol. The van der Waals surface area contributed by atoms with E-state index < -0.39 is 6.67 Å². The SMILES string of the molecule is O=NN(O)CN(O)N=O.[Cu]. The summed E-state index contributed by atoms with van der Waals surface area (Å²) < 4.78 is 0. The molecule has 0 heterocycles. The molecule has 0 spiro atoms. The van der Waals surface area contributed by atoms with Gasteiger partial charge in [0.1, 0.15) is 0 Å². The van der Waals surface area contributed by atoms with E-state index in [1.807, 2.05) is 10.6 Å². The smallest absolute Gasteiger partial charge is 0.186 e. The van der Waals surface area contributed by atoms with E-state index in [0.29, 0.717) is 0 Å². The van der Waals surface area contributed by atoms with Crippen LogP contribution in [0.1, 0.15) is 0 Å². The minimum absolute atomic E-state index is 0. The third kappa shape index (κ3) is 5.38. The van der Waals surface area contributed by atoms with E-state index in [0.717, 1.165) is 0 Å². The van der Waals surface area contributed by atoms with E-state index in [2.05, 4.69) is 0 Å². The van der Waals surface area contributed by atoms with Crippen LogP contribution in [0, 0.1) is 9.81 Å². The molecule has 0 bridgehead atoms. The van der Waals surface area contributed by atoms with E-state index >= 15 is 0 Å². The number of hydrogen-bond donors (Lipinski definition) is 2. The fraction of sp³-hybridized carbons (Fsp3) is 1.00. The average Bonchev–Trinajstić information content (AvgIpc) is 1.87. The number of nitrogens with zero attached hydrogens (tertiary/aromatic N) is 4. The van der Waals surface area contributed by atoms with Crippen LogP contribution >= 0.6 is 0 Å². The van der Waals surface area contributed by atoms with Crippen LogP contribution in [0.15, 0.2) is 10.6 Å². The average molecular weight is 200 g/mol. The van der Waals surface area contributed by atoms with Crippen LogP contribution in [0.25, 0.3) is 0 Å². The van der Waals surface area contributed by atoms with Gasteiger partial charge < -0.3 is 0 Å². The Morgan fingerprint density at radius 2 is 1.40 bits per heavy atom. The van der Waals surface area contributed by atoms with Crippen molar-refractivity contribution in [2.24, 2.45) is 10.6 Å². The molecule has 1 radical (unpaired) electrons. The second kappa shape index (κ2) is 6.36. The van der Waals surface area contributed by atoms with Crippen LogP contribution in [0.4, 0.5) is 0 Å². The molecule has 8 nitrogen and oxygen atoms in total. The standard InChI is InChI=1S/CH4N4O4.Cu/c6-2-4(8)1-5(9)3-7;/h8-9H,1H2;. The molecule has 0 aromatic rings. The molecule has 10 heavy (non-hydrogen) atoms. The monoisotopic (exact) mass is 199 g/mol. The maximum Gasteiger partial charge on any atom is 0.186 e. The number of nitroso groups, excluding NO2 is 2. The molecule has 0 rings (SSSR count). The van der Waals surface area contributed by atoms with E-state index in [1.165, 1.54) is 0 Å². The van der Waals surface area contributed by atoms with E-state index in [4.69, 9.17) is 10.4 Å². The second-order valence-corrected chi connectivity index (χ2v) is 1.05. The molecule has 0 unspecified atom stereocenters. The van der Waals surface area contributed by atoms with Gasteiger partial charge in [0, 0.05) is 17.1 Å². The summed E-state index contributed by atoms with van der Waals surface area (Å²) in [5.74, 6) is 0. The molecule has 0 aliphatic rings. The first-order valence-electron chi connectivity index (χ1n) is 1.80. The van der Waals surface area contributed by atoms with E-state index in [-0.39, 0.29) is 27.4 Å². The van der Waals surface area contributed by atoms with Crippen molar-refractivity contribution < 1.29 is 27.5 Å². The molecule has 0 amide bonds. The van der Waals surface area contributed by atoms with Crippen LogP contribution < -0.4 is 0 Å². The molecule has 0 aromatic carbocycles. The normalized spacial score (nSPS) is 7.40. The van der Waals surface area contributed by atoms with Gasteiger partial charge in [-0.05, 0) is 0 Å². The zero-order chi connectivity index (χ0) is 7.28. The Morgan fingerprint density at radius 3 is 1.60 bits per heavy atom. The zero-order valence-corrected chi connectivity index (χ0v) is 5.45. The minimum atomic E-state index is -0.771. The van der Waals surface area contributed by atoms with Gasteiger partial charge in [-0.1, -0.05) is 0 Å². The quantitative estimate of drug-likeness (QED) is 0.278. The summed E-state index contributed by atoms with van der Waals surface area (Å²) in [6, 6.07) is 0. The molecule has 2 N–H and O–H groups in total. The van der Waals surface area contributed by atoms with Gasteiger partial charge in [0.25, 0.3) is 0 Å². The first-order chi connectivity index (χ1) is 4.20. The summed E-state index contributed by atoms with van der Waals surface area (Å²) in [6.07, 6.45) is 0. The molecule has 0 atom stereocenters. The number of hydroxylamine groups is 2. The van der Waals surface area contributed by atoms with Crippen molar-refractivity contribution in [3.63, 3.8) is 0 Å². The first-order valence-corrected chi connectivity index (χ1v) is 1.80. The molecule has 63 valence electrons. The van der Waals surface area contributed by atoms with Crippen molar-refractivity contribution >= 4 is 0 Å². The molecule has 0 aromatic heterocycles. The Balaban J connectivity index is 0. The van der Waals surface area contributed by atoms with Gasteiger partial charge >= 0.3 is 0 Å². The minimum Gasteiger partial charge on any atom is -0.268 e. The van der Waals surface area contributed by atoms with Crippen molar-refractivity contribution in [3.8, 4) is 0 Å². The molecule has 0 saturated carbocycles. The van der Waals surface area contributed by atoms with Gasteiger partial charge in [-0.25, -0.2) is 0 Å². The zero-order valence-electron chi connectivity index (χ0n) is 4.51. The summed E-state index contributed by atoms with van der Waals surface area (Å²) in [4.78, 5) is 18.6. The molecule has 0 fully saturated rings. The summed E-state index contributed by atoms with van der Waals surface area (Å²) in [5, 5.41) is 19.7. The Bertz CT molecular complexity index is 97.4. The molecule has 0 aliphatic carbocycles. The Morgan fingerprint density at radius 1 is 1.10 bits per heavy atom. The Hall–Kier alpha value is -0.761. The van der Waals surface area contributed by atoms with Gasteiger partial charge in [0.15, 0.2) is 6.67 Å². The van der Waals surface area contributed by atoms with Crippen LogP contribution in [0.3, 0.4) is 0 Å². The van der Waals surface area contributed by atoms with Crippen molar-refractivity contribution in [2.45, 2.75) is 0 Å². The first kappa shape index (κ1) is 12.0. The van der Waals surface area contributed by atoms with Gasteiger partial charge in [0.2, 0.25) is 0 Å². The molecular formula is CH4CuN4O4. The summed E-state index contributed by atoms with van der Waals surface area (Å²) >= 11 is 0. The number of hydrogen-bond acceptors (Lipinski definition) is 6. The second-order valence-electron chi connectivity index (χ2n) is 1.05. The maximum absolute atomic E-state index is 9.30. The van der Waals surface area contributed by atoms with Crippen molar-refractivity contribution in [2.75, 3.05) is 6.67 Å². The van der Waals surface area contributed by atoms with Crippen molar-refractivity contribution in [3.05, 3.63) is 9.81 Å². The summed E-state index contributed by atoms with van der Waals surface area (Å²) in [5.41, 5.74) is 0. The van der Waals surface area contributed by atoms with Gasteiger partial charge in [-0.15, -0.1) is 20.2 Å². The Kier molecular flexibility index (Phi) is 7.61. The number of rotatable bonds is 4. The topological polar surface area (TPSA) is 106 Å². The summed E-state index contributed by atoms with van der Waals surface area (Å²) in [7, 11) is 0. The molecule has 0 aliphatic heterocycles. The fourth-order valence-corrected chi connectivity index (χ4v) is 0.165. The van der Waals surface area contributed by atoms with Crippen LogP contribution in [0.5, 0.6) is 0 Å². The van der Waals surface area contributed by atoms with Gasteiger partial charge in [0.05, 0.1) is 10.6 Å².